The Morgan fingerprint density at radius 3 is 2.55 bits per heavy atom. The van der Waals surface area contributed by atoms with E-state index in [1.54, 1.807) is 6.07 Å². The minimum absolute atomic E-state index is 0.0838. The summed E-state index contributed by atoms with van der Waals surface area (Å²) in [5, 5.41) is 15.0. The first-order valence-electron chi connectivity index (χ1n) is 8.45. The Kier molecular flexibility index (Phi) is 9.11. The zero-order valence-corrected chi connectivity index (χ0v) is 13.9. The van der Waals surface area contributed by atoms with Crippen LogP contribution in [0.1, 0.15) is 65.2 Å². The van der Waals surface area contributed by atoms with Gasteiger partial charge in [-0.2, -0.15) is 0 Å². The van der Waals surface area contributed by atoms with Crippen LogP contribution in [0.2, 0.25) is 0 Å². The molecule has 0 aromatic carbocycles. The number of hydrogen-bond acceptors (Lipinski definition) is 5. The summed E-state index contributed by atoms with van der Waals surface area (Å²) in [6.07, 6.45) is 9.30. The van der Waals surface area contributed by atoms with E-state index in [1.807, 2.05) is 0 Å². The van der Waals surface area contributed by atoms with Crippen LogP contribution in [0.3, 0.4) is 0 Å². The quantitative estimate of drug-likeness (QED) is 0.351. The zero-order valence-electron chi connectivity index (χ0n) is 13.9. The van der Waals surface area contributed by atoms with Gasteiger partial charge in [0, 0.05) is 6.54 Å². The van der Waals surface area contributed by atoms with Gasteiger partial charge in [0.05, 0.1) is 12.7 Å². The molecule has 0 aliphatic rings. The molecule has 0 aliphatic heterocycles. The molecule has 0 aliphatic carbocycles. The lowest BCUT2D eigenvalue weighted by atomic mass is 10.1. The number of unbranched alkanes of at least 4 members (excludes halogenated alkanes) is 6. The van der Waals surface area contributed by atoms with E-state index in [9.17, 15) is 5.21 Å². The number of nitrogens with two attached hydrogens (primary N) is 1. The number of anilines is 2. The fourth-order valence-corrected chi connectivity index (χ4v) is 2.13. The standard InChI is InChI=1S/C16H30N4O2/c1-3-5-7-8-9-10-11-18-14-13-15(22-12-6-4-2)19-16(17)20(14)21/h13,18H,3-12H2,1-2H3,(H2,17,19). The summed E-state index contributed by atoms with van der Waals surface area (Å²) in [6, 6.07) is 1.62. The van der Waals surface area contributed by atoms with Crippen molar-refractivity contribution in [3.05, 3.63) is 11.3 Å². The average Bonchev–Trinajstić information content (AvgIpc) is 2.51. The second-order valence-electron chi connectivity index (χ2n) is 5.53. The fourth-order valence-electron chi connectivity index (χ4n) is 2.13. The minimum Gasteiger partial charge on any atom is -0.754 e. The number of nitrogens with one attached hydrogen (secondary N) is 1. The van der Waals surface area contributed by atoms with Gasteiger partial charge >= 0.3 is 5.95 Å². The highest BCUT2D eigenvalue weighted by molar-refractivity contribution is 5.36. The van der Waals surface area contributed by atoms with Crippen LogP contribution >= 0.6 is 0 Å². The molecule has 6 heteroatoms. The van der Waals surface area contributed by atoms with Crippen LogP contribution < -0.4 is 20.5 Å². The molecule has 1 aromatic heterocycles. The normalized spacial score (nSPS) is 10.6. The van der Waals surface area contributed by atoms with Gasteiger partial charge in [0.1, 0.15) is 0 Å². The van der Waals surface area contributed by atoms with Gasteiger partial charge in [0.15, 0.2) is 0 Å². The van der Waals surface area contributed by atoms with Gasteiger partial charge in [-0.3, -0.25) is 0 Å². The summed E-state index contributed by atoms with van der Waals surface area (Å²) in [5.74, 6) is 0.732. The van der Waals surface area contributed by atoms with Crippen LogP contribution in [-0.4, -0.2) is 18.1 Å². The second kappa shape index (κ2) is 10.9. The maximum absolute atomic E-state index is 11.9. The molecule has 0 amide bonds. The molecule has 0 saturated carbocycles. The Morgan fingerprint density at radius 2 is 1.82 bits per heavy atom. The van der Waals surface area contributed by atoms with Gasteiger partial charge < -0.3 is 21.0 Å². The van der Waals surface area contributed by atoms with Crippen molar-refractivity contribution in [2.24, 2.45) is 0 Å². The lowest BCUT2D eigenvalue weighted by molar-refractivity contribution is -0.577. The fraction of sp³-hybridized carbons (Fsp3) is 0.750. The lowest BCUT2D eigenvalue weighted by Gasteiger charge is -2.14. The molecule has 0 bridgehead atoms. The third kappa shape index (κ3) is 6.83. The van der Waals surface area contributed by atoms with E-state index in [-0.39, 0.29) is 5.95 Å². The Bertz CT molecular complexity index is 427. The van der Waals surface area contributed by atoms with Crippen LogP contribution in [0.15, 0.2) is 6.07 Å². The minimum atomic E-state index is -0.0838. The van der Waals surface area contributed by atoms with Crippen molar-refractivity contribution in [1.29, 1.82) is 0 Å². The number of rotatable bonds is 12. The number of hydrogen-bond donors (Lipinski definition) is 2. The zero-order chi connectivity index (χ0) is 16.2. The van der Waals surface area contributed by atoms with Gasteiger partial charge in [0.2, 0.25) is 5.82 Å². The summed E-state index contributed by atoms with van der Waals surface area (Å²) in [5.41, 5.74) is 5.63. The number of aromatic nitrogens is 2. The van der Waals surface area contributed by atoms with Gasteiger partial charge in [-0.25, -0.2) is 4.73 Å². The molecule has 1 heterocycles. The van der Waals surface area contributed by atoms with Crippen LogP contribution in [0, 0.1) is 5.21 Å². The Morgan fingerprint density at radius 1 is 1.14 bits per heavy atom. The molecule has 0 radical (unpaired) electrons. The average molecular weight is 310 g/mol. The molecule has 6 nitrogen and oxygen atoms in total. The van der Waals surface area contributed by atoms with Crippen LogP contribution in [0.25, 0.3) is 0 Å². The first-order chi connectivity index (χ1) is 10.7. The number of nitrogen functional groups attached to an aromatic ring is 1. The van der Waals surface area contributed by atoms with E-state index in [4.69, 9.17) is 10.5 Å². The summed E-state index contributed by atoms with van der Waals surface area (Å²) in [7, 11) is 0. The third-order valence-corrected chi connectivity index (χ3v) is 3.50. The first kappa shape index (κ1) is 18.3. The summed E-state index contributed by atoms with van der Waals surface area (Å²) in [6.45, 7) is 5.65. The van der Waals surface area contributed by atoms with Crippen LogP contribution in [0.5, 0.6) is 5.88 Å². The highest BCUT2D eigenvalue weighted by Gasteiger charge is 2.11. The van der Waals surface area contributed by atoms with Crippen molar-refractivity contribution in [1.82, 2.24) is 4.98 Å². The molecule has 0 saturated heterocycles. The maximum atomic E-state index is 11.9. The molecule has 22 heavy (non-hydrogen) atoms. The van der Waals surface area contributed by atoms with Gasteiger partial charge in [-0.1, -0.05) is 57.4 Å². The van der Waals surface area contributed by atoms with Gasteiger partial charge in [-0.05, 0) is 12.8 Å². The van der Waals surface area contributed by atoms with E-state index < -0.39 is 0 Å². The predicted octanol–water partition coefficient (Wildman–Crippen LogP) is 3.25. The predicted molar refractivity (Wildman–Crippen MR) is 89.9 cm³/mol. The van der Waals surface area contributed by atoms with Crippen molar-refractivity contribution in [2.75, 3.05) is 24.2 Å². The highest BCUT2D eigenvalue weighted by Crippen LogP contribution is 2.14. The Balaban J connectivity index is 2.40. The molecule has 1 rings (SSSR count). The number of ether oxygens (including phenoxy) is 1. The van der Waals surface area contributed by atoms with Crippen LogP contribution in [0.4, 0.5) is 11.8 Å². The van der Waals surface area contributed by atoms with E-state index in [2.05, 4.69) is 24.1 Å². The monoisotopic (exact) mass is 310 g/mol. The van der Waals surface area contributed by atoms with Crippen molar-refractivity contribution >= 4 is 11.8 Å². The largest absolute Gasteiger partial charge is 0.754 e. The first-order valence-corrected chi connectivity index (χ1v) is 8.45. The van der Waals surface area contributed by atoms with Gasteiger partial charge in [0.25, 0.3) is 5.88 Å². The maximum Gasteiger partial charge on any atom is 0.347 e. The smallest absolute Gasteiger partial charge is 0.347 e. The molecule has 126 valence electrons. The summed E-state index contributed by atoms with van der Waals surface area (Å²) < 4.78 is 6.13. The van der Waals surface area contributed by atoms with Crippen molar-refractivity contribution < 1.29 is 9.47 Å². The Labute approximate surface area is 133 Å². The Hall–Kier alpha value is -1.72. The van der Waals surface area contributed by atoms with E-state index in [1.165, 1.54) is 32.1 Å². The summed E-state index contributed by atoms with van der Waals surface area (Å²) >= 11 is 0. The summed E-state index contributed by atoms with van der Waals surface area (Å²) in [4.78, 5) is 3.95. The van der Waals surface area contributed by atoms with Crippen molar-refractivity contribution in [3.63, 3.8) is 0 Å². The van der Waals surface area contributed by atoms with Crippen LogP contribution in [-0.2, 0) is 0 Å². The second-order valence-corrected chi connectivity index (χ2v) is 5.53. The van der Waals surface area contributed by atoms with E-state index in [0.717, 1.165) is 25.8 Å². The molecule has 3 N–H and O–H groups in total. The molecular weight excluding hydrogens is 280 g/mol. The van der Waals surface area contributed by atoms with Gasteiger partial charge in [-0.15, -0.1) is 0 Å². The highest BCUT2D eigenvalue weighted by atomic mass is 16.5. The SMILES string of the molecule is CCCCCCCCNc1cc(OCCCC)nc(N)[n+]1[O-]. The third-order valence-electron chi connectivity index (χ3n) is 3.50. The van der Waals surface area contributed by atoms with E-state index in [0.29, 0.717) is 23.0 Å². The molecule has 0 atom stereocenters. The molecule has 1 aromatic rings. The molecular formula is C16H30N4O2. The lowest BCUT2D eigenvalue weighted by Crippen LogP contribution is -2.36. The van der Waals surface area contributed by atoms with Crippen molar-refractivity contribution in [3.8, 4) is 5.88 Å². The molecule has 0 unspecified atom stereocenters. The van der Waals surface area contributed by atoms with E-state index >= 15 is 0 Å². The van der Waals surface area contributed by atoms with Crippen molar-refractivity contribution in [2.45, 2.75) is 65.2 Å². The topological polar surface area (TPSA) is 87.1 Å². The molecule has 0 fully saturated rings. The number of nitrogens with zero attached hydrogens (tertiary/aromatic N) is 2. The molecule has 0 spiro atoms.